The first kappa shape index (κ1) is 18.3. The third-order valence-electron chi connectivity index (χ3n) is 4.53. The summed E-state index contributed by atoms with van der Waals surface area (Å²) in [5.74, 6) is 1.91. The van der Waals surface area contributed by atoms with Crippen molar-refractivity contribution in [2.45, 2.75) is 36.2 Å². The van der Waals surface area contributed by atoms with Crippen LogP contribution in [0.4, 0.5) is 0 Å². The molecule has 5 nitrogen and oxygen atoms in total. The Morgan fingerprint density at radius 2 is 2.00 bits per heavy atom. The minimum atomic E-state index is 0.0286. The van der Waals surface area contributed by atoms with Gasteiger partial charge in [-0.25, -0.2) is 0 Å². The minimum Gasteiger partial charge on any atom is -0.345 e. The Labute approximate surface area is 167 Å². The van der Waals surface area contributed by atoms with Crippen molar-refractivity contribution in [1.29, 1.82) is 0 Å². The highest BCUT2D eigenvalue weighted by Crippen LogP contribution is 2.39. The molecule has 0 N–H and O–H groups in total. The zero-order chi connectivity index (χ0) is 18.8. The molecule has 0 radical (unpaired) electrons. The summed E-state index contributed by atoms with van der Waals surface area (Å²) in [5, 5.41) is 12.0. The fourth-order valence-electron chi connectivity index (χ4n) is 2.94. The third kappa shape index (κ3) is 4.25. The predicted molar refractivity (Wildman–Crippen MR) is 109 cm³/mol. The molecule has 0 bridgehead atoms. The molecule has 140 valence electrons. The number of thiophene rings is 1. The first-order valence-corrected chi connectivity index (χ1v) is 10.9. The second-order valence-electron chi connectivity index (χ2n) is 6.94. The SMILES string of the molecule is CN(C)C(=O)c1ccc(CSc2nnc(Cc3cccs3)n2C2CC2)cc1. The van der Waals surface area contributed by atoms with Gasteiger partial charge >= 0.3 is 0 Å². The quantitative estimate of drug-likeness (QED) is 0.558. The summed E-state index contributed by atoms with van der Waals surface area (Å²) in [6, 6.07) is 12.6. The summed E-state index contributed by atoms with van der Waals surface area (Å²) in [6.07, 6.45) is 3.28. The number of nitrogens with zero attached hydrogens (tertiary/aromatic N) is 4. The van der Waals surface area contributed by atoms with E-state index in [1.807, 2.05) is 24.3 Å². The van der Waals surface area contributed by atoms with Crippen LogP contribution in [0.2, 0.25) is 0 Å². The lowest BCUT2D eigenvalue weighted by Gasteiger charge is -2.11. The maximum absolute atomic E-state index is 12.0. The molecule has 0 spiro atoms. The van der Waals surface area contributed by atoms with Crippen LogP contribution in [0.25, 0.3) is 0 Å². The van der Waals surface area contributed by atoms with Crippen molar-refractivity contribution in [3.63, 3.8) is 0 Å². The summed E-state index contributed by atoms with van der Waals surface area (Å²) >= 11 is 3.48. The van der Waals surface area contributed by atoms with E-state index >= 15 is 0 Å². The highest BCUT2D eigenvalue weighted by molar-refractivity contribution is 7.98. The molecule has 0 unspecified atom stereocenters. The lowest BCUT2D eigenvalue weighted by Crippen LogP contribution is -2.21. The van der Waals surface area contributed by atoms with Crippen LogP contribution in [-0.2, 0) is 12.2 Å². The highest BCUT2D eigenvalue weighted by atomic mass is 32.2. The number of amides is 1. The lowest BCUT2D eigenvalue weighted by atomic mass is 10.1. The van der Waals surface area contributed by atoms with Crippen LogP contribution in [0.1, 0.15) is 45.5 Å². The summed E-state index contributed by atoms with van der Waals surface area (Å²) in [6.45, 7) is 0. The molecule has 1 amide bonds. The number of benzene rings is 1. The fourth-order valence-corrected chi connectivity index (χ4v) is 4.63. The van der Waals surface area contributed by atoms with Crippen LogP contribution in [-0.4, -0.2) is 39.7 Å². The van der Waals surface area contributed by atoms with Crippen molar-refractivity contribution >= 4 is 29.0 Å². The van der Waals surface area contributed by atoms with Crippen molar-refractivity contribution in [1.82, 2.24) is 19.7 Å². The second-order valence-corrected chi connectivity index (χ2v) is 8.92. The van der Waals surface area contributed by atoms with Gasteiger partial charge in [0.15, 0.2) is 5.16 Å². The van der Waals surface area contributed by atoms with Gasteiger partial charge in [-0.3, -0.25) is 4.79 Å². The molecule has 0 atom stereocenters. The Morgan fingerprint density at radius 3 is 2.63 bits per heavy atom. The van der Waals surface area contributed by atoms with Gasteiger partial charge in [-0.1, -0.05) is 30.0 Å². The van der Waals surface area contributed by atoms with Crippen molar-refractivity contribution in [3.8, 4) is 0 Å². The third-order valence-corrected chi connectivity index (χ3v) is 6.43. The number of carbonyl (C=O) groups excluding carboxylic acids is 1. The summed E-state index contributed by atoms with van der Waals surface area (Å²) in [7, 11) is 3.54. The van der Waals surface area contributed by atoms with E-state index in [0.29, 0.717) is 11.6 Å². The van der Waals surface area contributed by atoms with Crippen molar-refractivity contribution < 1.29 is 4.79 Å². The molecular weight excluding hydrogens is 376 g/mol. The Kier molecular flexibility index (Phi) is 5.31. The number of rotatable bonds is 7. The molecule has 0 saturated heterocycles. The van der Waals surface area contributed by atoms with E-state index in [0.717, 1.165) is 23.2 Å². The highest BCUT2D eigenvalue weighted by Gasteiger charge is 2.29. The van der Waals surface area contributed by atoms with Crippen LogP contribution in [0, 0.1) is 0 Å². The molecule has 0 aliphatic heterocycles. The Hall–Kier alpha value is -2.12. The fraction of sp³-hybridized carbons (Fsp3) is 0.350. The van der Waals surface area contributed by atoms with E-state index in [-0.39, 0.29) is 5.91 Å². The maximum Gasteiger partial charge on any atom is 0.253 e. The van der Waals surface area contributed by atoms with Crippen LogP contribution >= 0.6 is 23.1 Å². The molecule has 1 saturated carbocycles. The number of aromatic nitrogens is 3. The minimum absolute atomic E-state index is 0.0286. The monoisotopic (exact) mass is 398 g/mol. The summed E-state index contributed by atoms with van der Waals surface area (Å²) in [4.78, 5) is 14.9. The molecule has 2 heterocycles. The Bertz CT molecular complexity index is 912. The van der Waals surface area contributed by atoms with Gasteiger partial charge in [0.1, 0.15) is 5.82 Å². The van der Waals surface area contributed by atoms with E-state index in [9.17, 15) is 4.79 Å². The standard InChI is InChI=1S/C20H22N4OS2/c1-23(2)19(25)15-7-5-14(6-8-15)13-27-20-22-21-18(24(20)16-9-10-16)12-17-4-3-11-26-17/h3-8,11,16H,9-10,12-13H2,1-2H3. The van der Waals surface area contributed by atoms with E-state index in [1.54, 1.807) is 42.1 Å². The Balaban J connectivity index is 1.45. The molecule has 27 heavy (non-hydrogen) atoms. The topological polar surface area (TPSA) is 51.0 Å². The van der Waals surface area contributed by atoms with Crippen LogP contribution in [0.3, 0.4) is 0 Å². The molecular formula is C20H22N4OS2. The molecule has 7 heteroatoms. The largest absolute Gasteiger partial charge is 0.345 e. The Morgan fingerprint density at radius 1 is 1.22 bits per heavy atom. The zero-order valence-electron chi connectivity index (χ0n) is 15.5. The van der Waals surface area contributed by atoms with Gasteiger partial charge in [0.05, 0.1) is 0 Å². The molecule has 4 rings (SSSR count). The average molecular weight is 399 g/mol. The average Bonchev–Trinajstić information content (AvgIpc) is 3.22. The molecule has 1 fully saturated rings. The van der Waals surface area contributed by atoms with Crippen molar-refractivity contribution in [2.24, 2.45) is 0 Å². The van der Waals surface area contributed by atoms with Crippen LogP contribution < -0.4 is 0 Å². The zero-order valence-corrected chi connectivity index (χ0v) is 17.1. The molecule has 1 aliphatic rings. The summed E-state index contributed by atoms with van der Waals surface area (Å²) in [5.41, 5.74) is 1.90. The number of thioether (sulfide) groups is 1. The maximum atomic E-state index is 12.0. The van der Waals surface area contributed by atoms with Crippen molar-refractivity contribution in [2.75, 3.05) is 14.1 Å². The molecule has 2 aromatic heterocycles. The first-order chi connectivity index (χ1) is 13.1. The van der Waals surface area contributed by atoms with E-state index < -0.39 is 0 Å². The number of hydrogen-bond acceptors (Lipinski definition) is 5. The van der Waals surface area contributed by atoms with Gasteiger partial charge in [0.2, 0.25) is 0 Å². The molecule has 3 aromatic rings. The van der Waals surface area contributed by atoms with E-state index in [1.165, 1.54) is 23.3 Å². The van der Waals surface area contributed by atoms with Gasteiger partial charge < -0.3 is 9.47 Å². The van der Waals surface area contributed by atoms with Gasteiger partial charge in [-0.05, 0) is 42.0 Å². The van der Waals surface area contributed by atoms with Gasteiger partial charge in [0, 0.05) is 42.8 Å². The summed E-state index contributed by atoms with van der Waals surface area (Å²) < 4.78 is 2.33. The van der Waals surface area contributed by atoms with E-state index in [2.05, 4.69) is 32.3 Å². The first-order valence-electron chi connectivity index (χ1n) is 9.01. The van der Waals surface area contributed by atoms with Gasteiger partial charge in [-0.2, -0.15) is 0 Å². The number of hydrogen-bond donors (Lipinski definition) is 0. The molecule has 1 aliphatic carbocycles. The van der Waals surface area contributed by atoms with Crippen LogP contribution in [0.5, 0.6) is 0 Å². The van der Waals surface area contributed by atoms with Gasteiger partial charge in [-0.15, -0.1) is 21.5 Å². The second kappa shape index (κ2) is 7.86. The van der Waals surface area contributed by atoms with Crippen molar-refractivity contribution in [3.05, 3.63) is 63.6 Å². The van der Waals surface area contributed by atoms with Gasteiger partial charge in [0.25, 0.3) is 5.91 Å². The van der Waals surface area contributed by atoms with E-state index in [4.69, 9.17) is 0 Å². The smallest absolute Gasteiger partial charge is 0.253 e. The predicted octanol–water partition coefficient (Wildman–Crippen LogP) is 4.26. The lowest BCUT2D eigenvalue weighted by molar-refractivity contribution is 0.0827. The normalized spacial score (nSPS) is 13.7. The molecule has 1 aromatic carbocycles. The number of carbonyl (C=O) groups is 1. The van der Waals surface area contributed by atoms with Crippen LogP contribution in [0.15, 0.2) is 46.9 Å².